The van der Waals surface area contributed by atoms with Crippen molar-refractivity contribution in [2.24, 2.45) is 11.7 Å². The summed E-state index contributed by atoms with van der Waals surface area (Å²) in [5, 5.41) is 4.04. The Morgan fingerprint density at radius 3 is 2.71 bits per heavy atom. The van der Waals surface area contributed by atoms with Crippen molar-refractivity contribution in [3.05, 3.63) is 17.0 Å². The minimum absolute atomic E-state index is 0.350. The van der Waals surface area contributed by atoms with Gasteiger partial charge in [0.15, 0.2) is 0 Å². The summed E-state index contributed by atoms with van der Waals surface area (Å²) in [6.45, 7) is 10.6. The lowest BCUT2D eigenvalue weighted by Crippen LogP contribution is -2.46. The number of hydrogen-bond acceptors (Lipinski definition) is 4. The van der Waals surface area contributed by atoms with Gasteiger partial charge in [0.1, 0.15) is 5.76 Å². The lowest BCUT2D eigenvalue weighted by atomic mass is 9.92. The van der Waals surface area contributed by atoms with Crippen LogP contribution in [0.15, 0.2) is 4.52 Å². The molecule has 0 aliphatic carbocycles. The van der Waals surface area contributed by atoms with E-state index in [4.69, 9.17) is 10.3 Å². The minimum Gasteiger partial charge on any atom is -0.361 e. The Morgan fingerprint density at radius 2 is 2.18 bits per heavy atom. The molecule has 3 unspecified atom stereocenters. The lowest BCUT2D eigenvalue weighted by Gasteiger charge is -2.38. The lowest BCUT2D eigenvalue weighted by molar-refractivity contribution is 0.123. The molecule has 4 nitrogen and oxygen atoms in total. The van der Waals surface area contributed by atoms with Gasteiger partial charge < -0.3 is 10.3 Å². The Kier molecular flexibility index (Phi) is 3.54. The molecule has 1 aliphatic rings. The minimum atomic E-state index is 0.350. The maximum Gasteiger partial charge on any atom is 0.138 e. The van der Waals surface area contributed by atoms with Gasteiger partial charge in [-0.05, 0) is 33.1 Å². The maximum absolute atomic E-state index is 6.06. The second-order valence-corrected chi connectivity index (χ2v) is 5.34. The van der Waals surface area contributed by atoms with Gasteiger partial charge in [-0.25, -0.2) is 0 Å². The molecule has 0 bridgehead atoms. The summed E-state index contributed by atoms with van der Waals surface area (Å²) in [4.78, 5) is 2.49. The van der Waals surface area contributed by atoms with Crippen LogP contribution in [0.1, 0.15) is 43.3 Å². The molecule has 0 saturated carbocycles. The van der Waals surface area contributed by atoms with E-state index >= 15 is 0 Å². The number of hydrogen-bond donors (Lipinski definition) is 1. The average Bonchev–Trinajstić information content (AvgIpc) is 2.62. The van der Waals surface area contributed by atoms with Gasteiger partial charge in [0.25, 0.3) is 0 Å². The van der Waals surface area contributed by atoms with Crippen LogP contribution >= 0.6 is 0 Å². The van der Waals surface area contributed by atoms with Crippen LogP contribution in [0, 0.1) is 19.8 Å². The Balaban J connectivity index is 2.13. The summed E-state index contributed by atoms with van der Waals surface area (Å²) in [7, 11) is 0. The molecule has 1 aromatic heterocycles. The van der Waals surface area contributed by atoms with Crippen molar-refractivity contribution in [3.8, 4) is 0 Å². The van der Waals surface area contributed by atoms with Gasteiger partial charge in [-0.1, -0.05) is 12.1 Å². The highest BCUT2D eigenvalue weighted by atomic mass is 16.5. The summed E-state index contributed by atoms with van der Waals surface area (Å²) in [5.41, 5.74) is 8.32. The maximum atomic E-state index is 6.06. The molecule has 0 amide bonds. The monoisotopic (exact) mass is 237 g/mol. The van der Waals surface area contributed by atoms with Gasteiger partial charge in [0.2, 0.25) is 0 Å². The molecule has 96 valence electrons. The first-order valence-electron chi connectivity index (χ1n) is 6.43. The molecule has 1 aromatic rings. The Bertz CT molecular complexity index is 369. The zero-order valence-corrected chi connectivity index (χ0v) is 11.2. The van der Waals surface area contributed by atoms with E-state index in [1.165, 1.54) is 5.56 Å². The van der Waals surface area contributed by atoms with Crippen molar-refractivity contribution >= 4 is 0 Å². The number of piperidine rings is 1. The summed E-state index contributed by atoms with van der Waals surface area (Å²) in [6, 6.07) is 0.722. The van der Waals surface area contributed by atoms with Crippen LogP contribution in [0.2, 0.25) is 0 Å². The molecular formula is C13H23N3O. The average molecular weight is 237 g/mol. The summed E-state index contributed by atoms with van der Waals surface area (Å²) in [6.07, 6.45) is 1.08. The van der Waals surface area contributed by atoms with Crippen molar-refractivity contribution in [1.29, 1.82) is 0 Å². The quantitative estimate of drug-likeness (QED) is 0.855. The molecule has 4 heteroatoms. The van der Waals surface area contributed by atoms with Crippen LogP contribution in [-0.2, 0) is 0 Å². The first-order valence-corrected chi connectivity index (χ1v) is 6.43. The van der Waals surface area contributed by atoms with Crippen LogP contribution in [-0.4, -0.2) is 29.2 Å². The smallest absolute Gasteiger partial charge is 0.138 e. The Labute approximate surface area is 103 Å². The molecule has 0 spiro atoms. The molecule has 1 aliphatic heterocycles. The van der Waals surface area contributed by atoms with E-state index in [2.05, 4.69) is 23.9 Å². The number of likely N-dealkylation sites (tertiary alicyclic amines) is 1. The molecule has 17 heavy (non-hydrogen) atoms. The fraction of sp³-hybridized carbons (Fsp3) is 0.769. The second kappa shape index (κ2) is 4.78. The van der Waals surface area contributed by atoms with E-state index in [9.17, 15) is 0 Å². The normalized spacial score (nSPS) is 28.3. The highest BCUT2D eigenvalue weighted by molar-refractivity contribution is 5.24. The van der Waals surface area contributed by atoms with E-state index in [1.54, 1.807) is 0 Å². The van der Waals surface area contributed by atoms with Gasteiger partial charge in [-0.15, -0.1) is 0 Å². The number of rotatable bonds is 2. The molecule has 1 fully saturated rings. The Hall–Kier alpha value is -0.870. The largest absolute Gasteiger partial charge is 0.361 e. The van der Waals surface area contributed by atoms with Crippen LogP contribution in [0.3, 0.4) is 0 Å². The molecule has 0 radical (unpaired) electrons. The van der Waals surface area contributed by atoms with Crippen molar-refractivity contribution < 1.29 is 4.52 Å². The van der Waals surface area contributed by atoms with E-state index in [-0.39, 0.29) is 0 Å². The van der Waals surface area contributed by atoms with Crippen molar-refractivity contribution in [1.82, 2.24) is 10.1 Å². The number of aryl methyl sites for hydroxylation is 2. The SMILES string of the molecule is Cc1noc(C)c1C(C)N1CCC(N)C(C)C1. The summed E-state index contributed by atoms with van der Waals surface area (Å²) in [5.74, 6) is 1.50. The van der Waals surface area contributed by atoms with Crippen LogP contribution in [0.4, 0.5) is 0 Å². The number of nitrogens with zero attached hydrogens (tertiary/aromatic N) is 2. The molecular weight excluding hydrogens is 214 g/mol. The highest BCUT2D eigenvalue weighted by Crippen LogP contribution is 2.29. The highest BCUT2D eigenvalue weighted by Gasteiger charge is 2.29. The second-order valence-electron chi connectivity index (χ2n) is 5.34. The van der Waals surface area contributed by atoms with Gasteiger partial charge in [0.05, 0.1) is 5.69 Å². The fourth-order valence-corrected chi connectivity index (χ4v) is 2.82. The van der Waals surface area contributed by atoms with Crippen LogP contribution in [0.5, 0.6) is 0 Å². The third kappa shape index (κ3) is 2.38. The first-order chi connectivity index (χ1) is 8.00. The molecule has 0 aromatic carbocycles. The third-order valence-corrected chi connectivity index (χ3v) is 4.06. The summed E-state index contributed by atoms with van der Waals surface area (Å²) >= 11 is 0. The van der Waals surface area contributed by atoms with Gasteiger partial charge in [-0.3, -0.25) is 4.90 Å². The van der Waals surface area contributed by atoms with Gasteiger partial charge >= 0.3 is 0 Å². The van der Waals surface area contributed by atoms with E-state index in [1.807, 2.05) is 13.8 Å². The van der Waals surface area contributed by atoms with Gasteiger partial charge in [0, 0.05) is 30.7 Å². The van der Waals surface area contributed by atoms with Crippen molar-refractivity contribution in [2.45, 2.75) is 46.2 Å². The molecule has 3 atom stereocenters. The third-order valence-electron chi connectivity index (χ3n) is 4.06. The predicted octanol–water partition coefficient (Wildman–Crippen LogP) is 2.02. The van der Waals surface area contributed by atoms with Crippen molar-refractivity contribution in [3.63, 3.8) is 0 Å². The van der Waals surface area contributed by atoms with Crippen LogP contribution < -0.4 is 5.73 Å². The molecule has 2 N–H and O–H groups in total. The first kappa shape index (κ1) is 12.6. The van der Waals surface area contributed by atoms with Crippen LogP contribution in [0.25, 0.3) is 0 Å². The standard InChI is InChI=1S/C13H23N3O/c1-8-7-16(6-5-12(8)14)10(3)13-9(2)15-17-11(13)4/h8,10,12H,5-7,14H2,1-4H3. The fourth-order valence-electron chi connectivity index (χ4n) is 2.82. The summed E-state index contributed by atoms with van der Waals surface area (Å²) < 4.78 is 5.25. The molecule has 2 heterocycles. The predicted molar refractivity (Wildman–Crippen MR) is 67.7 cm³/mol. The van der Waals surface area contributed by atoms with E-state index < -0.39 is 0 Å². The number of aromatic nitrogens is 1. The van der Waals surface area contributed by atoms with Crippen molar-refractivity contribution in [2.75, 3.05) is 13.1 Å². The van der Waals surface area contributed by atoms with E-state index in [0.29, 0.717) is 18.0 Å². The van der Waals surface area contributed by atoms with Gasteiger partial charge in [-0.2, -0.15) is 0 Å². The zero-order chi connectivity index (χ0) is 12.6. The number of nitrogens with two attached hydrogens (primary N) is 1. The molecule has 1 saturated heterocycles. The van der Waals surface area contributed by atoms with E-state index in [0.717, 1.165) is 31.0 Å². The topological polar surface area (TPSA) is 55.3 Å². The molecule has 2 rings (SSSR count). The Morgan fingerprint density at radius 1 is 1.47 bits per heavy atom. The zero-order valence-electron chi connectivity index (χ0n) is 11.2.